The van der Waals surface area contributed by atoms with Crippen LogP contribution < -0.4 is 20.4 Å². The van der Waals surface area contributed by atoms with Gasteiger partial charge in [-0.1, -0.05) is 0 Å². The van der Waals surface area contributed by atoms with Crippen molar-refractivity contribution in [2.24, 2.45) is 0 Å². The number of carbonyl (C=O) groups is 1. The lowest BCUT2D eigenvalue weighted by Gasteiger charge is -2.35. The second-order valence-electron chi connectivity index (χ2n) is 7.29. The highest BCUT2D eigenvalue weighted by Crippen LogP contribution is 2.17. The molecule has 2 aliphatic heterocycles. The van der Waals surface area contributed by atoms with E-state index >= 15 is 0 Å². The van der Waals surface area contributed by atoms with E-state index in [0.717, 1.165) is 63.8 Å². The molecular formula is C19H26N8O. The Morgan fingerprint density at radius 3 is 1.64 bits per heavy atom. The molecule has 28 heavy (non-hydrogen) atoms. The lowest BCUT2D eigenvalue weighted by atomic mass is 10.1. The van der Waals surface area contributed by atoms with Crippen LogP contribution in [0.4, 0.5) is 16.7 Å². The number of nitrogens with one attached hydrogen (secondary N) is 2. The molecule has 0 radical (unpaired) electrons. The molecular weight excluding hydrogens is 356 g/mol. The number of amides is 2. The fraction of sp³-hybridized carbons (Fsp3) is 0.526. The third kappa shape index (κ3) is 4.65. The molecule has 0 aliphatic carbocycles. The molecule has 2 aliphatic rings. The van der Waals surface area contributed by atoms with Crippen LogP contribution in [-0.2, 0) is 0 Å². The van der Waals surface area contributed by atoms with Crippen molar-refractivity contribution in [2.75, 3.05) is 36.0 Å². The Labute approximate surface area is 164 Å². The molecule has 2 unspecified atom stereocenters. The number of piperidine rings is 2. The topological polar surface area (TPSA) is 99.2 Å². The lowest BCUT2D eigenvalue weighted by molar-refractivity contribution is 0.229. The van der Waals surface area contributed by atoms with E-state index in [9.17, 15) is 4.79 Å². The first-order valence-electron chi connectivity index (χ1n) is 9.89. The van der Waals surface area contributed by atoms with Gasteiger partial charge in [0, 0.05) is 63.1 Å². The zero-order valence-electron chi connectivity index (χ0n) is 15.9. The smallest absolute Gasteiger partial charge is 0.315 e. The summed E-state index contributed by atoms with van der Waals surface area (Å²) in [5, 5.41) is 6.25. The predicted molar refractivity (Wildman–Crippen MR) is 106 cm³/mol. The molecule has 4 heterocycles. The Morgan fingerprint density at radius 2 is 1.21 bits per heavy atom. The third-order valence-corrected chi connectivity index (χ3v) is 5.18. The largest absolute Gasteiger partial charge is 0.339 e. The van der Waals surface area contributed by atoms with Crippen LogP contribution in [0.3, 0.4) is 0 Å². The fourth-order valence-corrected chi connectivity index (χ4v) is 3.87. The number of carbonyl (C=O) groups excluding carboxylic acids is 1. The SMILES string of the molecule is O=C(NC1CCCN(c2ncccn2)C1)NC1CCCN(c2ncccn2)C1. The van der Waals surface area contributed by atoms with Gasteiger partial charge in [-0.05, 0) is 37.8 Å². The molecule has 0 aromatic carbocycles. The molecule has 0 saturated carbocycles. The Bertz CT molecular complexity index is 696. The summed E-state index contributed by atoms with van der Waals surface area (Å²) in [6, 6.07) is 3.70. The molecule has 2 saturated heterocycles. The van der Waals surface area contributed by atoms with Crippen LogP contribution in [0.15, 0.2) is 36.9 Å². The summed E-state index contributed by atoms with van der Waals surface area (Å²) in [5.41, 5.74) is 0. The van der Waals surface area contributed by atoms with Gasteiger partial charge in [0.25, 0.3) is 0 Å². The fourth-order valence-electron chi connectivity index (χ4n) is 3.87. The summed E-state index contributed by atoms with van der Waals surface area (Å²) in [4.78, 5) is 34.1. The van der Waals surface area contributed by atoms with E-state index in [1.54, 1.807) is 24.8 Å². The summed E-state index contributed by atoms with van der Waals surface area (Å²) in [6.07, 6.45) is 10.9. The third-order valence-electron chi connectivity index (χ3n) is 5.18. The molecule has 2 aromatic rings. The molecule has 4 rings (SSSR count). The van der Waals surface area contributed by atoms with Gasteiger partial charge in [-0.25, -0.2) is 24.7 Å². The van der Waals surface area contributed by atoms with Crippen LogP contribution in [-0.4, -0.2) is 64.2 Å². The summed E-state index contributed by atoms with van der Waals surface area (Å²) in [6.45, 7) is 3.29. The number of aromatic nitrogens is 4. The molecule has 9 heteroatoms. The van der Waals surface area contributed by atoms with E-state index in [2.05, 4.69) is 40.4 Å². The van der Waals surface area contributed by atoms with Gasteiger partial charge in [-0.3, -0.25) is 0 Å². The van der Waals surface area contributed by atoms with E-state index in [-0.39, 0.29) is 18.1 Å². The number of nitrogens with zero attached hydrogens (tertiary/aromatic N) is 6. The minimum atomic E-state index is -0.110. The number of anilines is 2. The van der Waals surface area contributed by atoms with Gasteiger partial charge < -0.3 is 20.4 Å². The minimum Gasteiger partial charge on any atom is -0.339 e. The van der Waals surface area contributed by atoms with Crippen molar-refractivity contribution in [2.45, 2.75) is 37.8 Å². The maximum atomic E-state index is 12.5. The Morgan fingerprint density at radius 1 is 0.786 bits per heavy atom. The number of urea groups is 1. The highest BCUT2D eigenvalue weighted by Gasteiger charge is 2.26. The Hall–Kier alpha value is -2.97. The lowest BCUT2D eigenvalue weighted by Crippen LogP contribution is -2.55. The number of rotatable bonds is 4. The molecule has 9 nitrogen and oxygen atoms in total. The van der Waals surface area contributed by atoms with Gasteiger partial charge in [-0.2, -0.15) is 0 Å². The van der Waals surface area contributed by atoms with Crippen LogP contribution in [0.5, 0.6) is 0 Å². The maximum absolute atomic E-state index is 12.5. The normalized spacial score (nSPS) is 22.6. The van der Waals surface area contributed by atoms with Gasteiger partial charge in [0.15, 0.2) is 0 Å². The van der Waals surface area contributed by atoms with Crippen LogP contribution in [0.1, 0.15) is 25.7 Å². The van der Waals surface area contributed by atoms with Gasteiger partial charge in [0.05, 0.1) is 0 Å². The molecule has 2 N–H and O–H groups in total. The number of hydrogen-bond acceptors (Lipinski definition) is 7. The van der Waals surface area contributed by atoms with Crippen molar-refractivity contribution in [1.82, 2.24) is 30.6 Å². The zero-order valence-corrected chi connectivity index (χ0v) is 15.9. The maximum Gasteiger partial charge on any atom is 0.315 e. The summed E-state index contributed by atoms with van der Waals surface area (Å²) in [5.74, 6) is 1.44. The van der Waals surface area contributed by atoms with Crippen molar-refractivity contribution in [1.29, 1.82) is 0 Å². The average molecular weight is 382 g/mol. The zero-order chi connectivity index (χ0) is 19.2. The van der Waals surface area contributed by atoms with Crippen molar-refractivity contribution in [3.63, 3.8) is 0 Å². The average Bonchev–Trinajstić information content (AvgIpc) is 2.75. The minimum absolute atomic E-state index is 0.0923. The van der Waals surface area contributed by atoms with E-state index < -0.39 is 0 Å². The highest BCUT2D eigenvalue weighted by molar-refractivity contribution is 5.74. The first-order valence-corrected chi connectivity index (χ1v) is 9.89. The second kappa shape index (κ2) is 8.81. The Balaban J connectivity index is 1.28. The van der Waals surface area contributed by atoms with Crippen molar-refractivity contribution >= 4 is 17.9 Å². The first-order chi connectivity index (χ1) is 13.8. The standard InChI is InChI=1S/C19H26N8O/c28-19(24-15-5-1-11-26(13-15)17-20-7-3-8-21-17)25-16-6-2-12-27(14-16)18-22-9-4-10-23-18/h3-4,7-10,15-16H,1-2,5-6,11-14H2,(H2,24,25,28). The molecule has 0 bridgehead atoms. The summed E-state index contributed by atoms with van der Waals surface area (Å²) < 4.78 is 0. The van der Waals surface area contributed by atoms with Gasteiger partial charge in [-0.15, -0.1) is 0 Å². The van der Waals surface area contributed by atoms with Crippen LogP contribution in [0.25, 0.3) is 0 Å². The van der Waals surface area contributed by atoms with E-state index in [1.165, 1.54) is 0 Å². The summed E-state index contributed by atoms with van der Waals surface area (Å²) in [7, 11) is 0. The molecule has 2 fully saturated rings. The number of hydrogen-bond donors (Lipinski definition) is 2. The summed E-state index contributed by atoms with van der Waals surface area (Å²) >= 11 is 0. The molecule has 0 spiro atoms. The van der Waals surface area contributed by atoms with E-state index in [0.29, 0.717) is 0 Å². The van der Waals surface area contributed by atoms with Crippen molar-refractivity contribution < 1.29 is 4.79 Å². The van der Waals surface area contributed by atoms with E-state index in [4.69, 9.17) is 0 Å². The predicted octanol–water partition coefficient (Wildman–Crippen LogP) is 1.20. The van der Waals surface area contributed by atoms with Crippen LogP contribution in [0, 0.1) is 0 Å². The van der Waals surface area contributed by atoms with Crippen molar-refractivity contribution in [3.8, 4) is 0 Å². The van der Waals surface area contributed by atoms with Gasteiger partial charge in [0.2, 0.25) is 11.9 Å². The second-order valence-corrected chi connectivity index (χ2v) is 7.29. The molecule has 2 atom stereocenters. The molecule has 148 valence electrons. The van der Waals surface area contributed by atoms with Gasteiger partial charge in [0.1, 0.15) is 0 Å². The van der Waals surface area contributed by atoms with Gasteiger partial charge >= 0.3 is 6.03 Å². The monoisotopic (exact) mass is 382 g/mol. The highest BCUT2D eigenvalue weighted by atomic mass is 16.2. The van der Waals surface area contributed by atoms with Crippen molar-refractivity contribution in [3.05, 3.63) is 36.9 Å². The van der Waals surface area contributed by atoms with Crippen LogP contribution in [0.2, 0.25) is 0 Å². The van der Waals surface area contributed by atoms with E-state index in [1.807, 2.05) is 12.1 Å². The molecule has 2 amide bonds. The Kier molecular flexibility index (Phi) is 5.79. The van der Waals surface area contributed by atoms with Crippen LogP contribution >= 0.6 is 0 Å². The quantitative estimate of drug-likeness (QED) is 0.820. The molecule has 2 aromatic heterocycles. The first kappa shape index (κ1) is 18.4.